The molecule has 2 rings (SSSR count). The fourth-order valence-corrected chi connectivity index (χ4v) is 1.43. The fourth-order valence-electron chi connectivity index (χ4n) is 1.43. The summed E-state index contributed by atoms with van der Waals surface area (Å²) in [7, 11) is 2.92. The lowest BCUT2D eigenvalue weighted by molar-refractivity contribution is -0.0757. The first kappa shape index (κ1) is 12.3. The zero-order valence-electron chi connectivity index (χ0n) is 10.0. The van der Waals surface area contributed by atoms with Gasteiger partial charge < -0.3 is 0 Å². The quantitative estimate of drug-likeness (QED) is 0.777. The second-order valence-electron chi connectivity index (χ2n) is 3.64. The maximum atomic E-state index is 12.8. The second-order valence-corrected chi connectivity index (χ2v) is 3.64. The number of halogens is 1. The van der Waals surface area contributed by atoms with Gasteiger partial charge >= 0.3 is 0 Å². The van der Waals surface area contributed by atoms with Crippen LogP contribution in [0.1, 0.15) is 10.4 Å². The maximum Gasteiger partial charge on any atom is 0.280 e. The summed E-state index contributed by atoms with van der Waals surface area (Å²) >= 11 is 0. The molecule has 0 saturated carbocycles. The number of rotatable bonds is 3. The van der Waals surface area contributed by atoms with Gasteiger partial charge in [0.2, 0.25) is 0 Å². The number of hydroxylamine groups is 2. The summed E-state index contributed by atoms with van der Waals surface area (Å²) in [6, 6.07) is 5.83. The number of nitrogens with zero attached hydrogens (tertiary/aromatic N) is 3. The maximum absolute atomic E-state index is 12.8. The van der Waals surface area contributed by atoms with E-state index >= 15 is 0 Å². The molecule has 94 valence electrons. The molecule has 0 aliphatic rings. The molecule has 0 aliphatic heterocycles. The molecule has 0 unspecified atom stereocenters. The molecule has 1 heterocycles. The van der Waals surface area contributed by atoms with Gasteiger partial charge in [0.25, 0.3) is 5.91 Å². The number of carbonyl (C=O) groups excluding carboxylic acids is 1. The summed E-state index contributed by atoms with van der Waals surface area (Å²) in [5.74, 6) is -0.618. The third kappa shape index (κ3) is 2.38. The average Bonchev–Trinajstić information content (AvgIpc) is 2.87. The second kappa shape index (κ2) is 4.97. The van der Waals surface area contributed by atoms with Gasteiger partial charge in [-0.2, -0.15) is 5.10 Å². The van der Waals surface area contributed by atoms with Crippen LogP contribution in [0.4, 0.5) is 4.39 Å². The van der Waals surface area contributed by atoms with Crippen LogP contribution in [0.15, 0.2) is 36.7 Å². The van der Waals surface area contributed by atoms with E-state index in [4.69, 9.17) is 4.84 Å². The van der Waals surface area contributed by atoms with E-state index in [-0.39, 0.29) is 11.7 Å². The summed E-state index contributed by atoms with van der Waals surface area (Å²) in [5, 5.41) is 5.15. The molecule has 0 bridgehead atoms. The summed E-state index contributed by atoms with van der Waals surface area (Å²) < 4.78 is 14.3. The zero-order chi connectivity index (χ0) is 13.1. The minimum Gasteiger partial charge on any atom is -0.274 e. The minimum atomic E-state index is -0.318. The highest BCUT2D eigenvalue weighted by Crippen LogP contribution is 2.10. The number of carbonyl (C=O) groups is 1. The highest BCUT2D eigenvalue weighted by atomic mass is 19.1. The molecule has 1 aromatic heterocycles. The van der Waals surface area contributed by atoms with E-state index in [2.05, 4.69) is 5.10 Å². The Morgan fingerprint density at radius 3 is 2.67 bits per heavy atom. The van der Waals surface area contributed by atoms with Gasteiger partial charge in [-0.15, -0.1) is 0 Å². The molecule has 1 amide bonds. The van der Waals surface area contributed by atoms with E-state index in [0.717, 1.165) is 5.06 Å². The van der Waals surface area contributed by atoms with Crippen molar-refractivity contribution in [1.82, 2.24) is 14.8 Å². The molecule has 1 aromatic carbocycles. The molecule has 0 saturated heterocycles. The molecular weight excluding hydrogens is 237 g/mol. The summed E-state index contributed by atoms with van der Waals surface area (Å²) in [5.41, 5.74) is 1.07. The van der Waals surface area contributed by atoms with Crippen molar-refractivity contribution in [3.8, 4) is 5.69 Å². The average molecular weight is 249 g/mol. The van der Waals surface area contributed by atoms with Gasteiger partial charge in [-0.1, -0.05) is 0 Å². The van der Waals surface area contributed by atoms with Crippen LogP contribution in [-0.4, -0.2) is 34.9 Å². The van der Waals surface area contributed by atoms with E-state index in [1.807, 2.05) is 0 Å². The van der Waals surface area contributed by atoms with Gasteiger partial charge in [-0.05, 0) is 24.3 Å². The summed E-state index contributed by atoms with van der Waals surface area (Å²) in [6.07, 6.45) is 2.99. The van der Waals surface area contributed by atoms with Crippen molar-refractivity contribution in [3.05, 3.63) is 48.0 Å². The molecule has 0 radical (unpaired) electrons. The molecule has 0 N–H and O–H groups in total. The predicted molar refractivity (Wildman–Crippen MR) is 62.6 cm³/mol. The van der Waals surface area contributed by atoms with Crippen molar-refractivity contribution in [1.29, 1.82) is 0 Å². The molecule has 2 aromatic rings. The topological polar surface area (TPSA) is 47.4 Å². The first-order valence-electron chi connectivity index (χ1n) is 5.24. The standard InChI is InChI=1S/C12H12FN3O2/c1-15(18-2)12(17)9-7-14-16(8-9)11-5-3-10(13)4-6-11/h3-8H,1-2H3. The third-order valence-corrected chi connectivity index (χ3v) is 2.48. The van der Waals surface area contributed by atoms with Crippen LogP contribution < -0.4 is 0 Å². The Balaban J connectivity index is 2.25. The van der Waals surface area contributed by atoms with Crippen molar-refractivity contribution in [2.75, 3.05) is 14.2 Å². The number of aromatic nitrogens is 2. The Hall–Kier alpha value is -2.21. The Kier molecular flexibility index (Phi) is 3.38. The fraction of sp³-hybridized carbons (Fsp3) is 0.167. The Labute approximate surface area is 103 Å². The molecule has 0 aliphatic carbocycles. The molecule has 5 nitrogen and oxygen atoms in total. The number of hydrogen-bond acceptors (Lipinski definition) is 3. The van der Waals surface area contributed by atoms with E-state index in [1.165, 1.54) is 37.2 Å². The van der Waals surface area contributed by atoms with Crippen molar-refractivity contribution >= 4 is 5.91 Å². The highest BCUT2D eigenvalue weighted by Gasteiger charge is 2.13. The Morgan fingerprint density at radius 1 is 1.39 bits per heavy atom. The first-order valence-corrected chi connectivity index (χ1v) is 5.24. The van der Waals surface area contributed by atoms with Crippen LogP contribution in [0, 0.1) is 5.82 Å². The lowest BCUT2D eigenvalue weighted by Gasteiger charge is -2.11. The van der Waals surface area contributed by atoms with Gasteiger partial charge in [0, 0.05) is 13.2 Å². The molecule has 0 spiro atoms. The largest absolute Gasteiger partial charge is 0.280 e. The van der Waals surface area contributed by atoms with Crippen LogP contribution in [0.25, 0.3) is 5.69 Å². The van der Waals surface area contributed by atoms with Crippen LogP contribution >= 0.6 is 0 Å². The number of benzene rings is 1. The van der Waals surface area contributed by atoms with Crippen molar-refractivity contribution in [3.63, 3.8) is 0 Å². The van der Waals surface area contributed by atoms with E-state index in [0.29, 0.717) is 11.3 Å². The first-order chi connectivity index (χ1) is 8.61. The van der Waals surface area contributed by atoms with Crippen molar-refractivity contribution in [2.45, 2.75) is 0 Å². The Bertz CT molecular complexity index is 551. The SMILES string of the molecule is CON(C)C(=O)c1cnn(-c2ccc(F)cc2)c1. The summed E-state index contributed by atoms with van der Waals surface area (Å²) in [6.45, 7) is 0. The van der Waals surface area contributed by atoms with Gasteiger partial charge in [0.1, 0.15) is 5.82 Å². The molecule has 18 heavy (non-hydrogen) atoms. The van der Waals surface area contributed by atoms with Crippen molar-refractivity contribution in [2.24, 2.45) is 0 Å². The van der Waals surface area contributed by atoms with Gasteiger partial charge in [0.15, 0.2) is 0 Å². The van der Waals surface area contributed by atoms with E-state index < -0.39 is 0 Å². The normalized spacial score (nSPS) is 10.4. The lowest BCUT2D eigenvalue weighted by atomic mass is 10.3. The molecule has 0 atom stereocenters. The van der Waals surface area contributed by atoms with Crippen LogP contribution in [-0.2, 0) is 4.84 Å². The summed E-state index contributed by atoms with van der Waals surface area (Å²) in [4.78, 5) is 16.6. The molecule has 6 heteroatoms. The molecule has 0 fully saturated rings. The van der Waals surface area contributed by atoms with E-state index in [1.54, 1.807) is 18.3 Å². The zero-order valence-corrected chi connectivity index (χ0v) is 10.0. The van der Waals surface area contributed by atoms with Gasteiger partial charge in [0.05, 0.1) is 24.6 Å². The highest BCUT2D eigenvalue weighted by molar-refractivity contribution is 5.92. The van der Waals surface area contributed by atoms with Crippen LogP contribution in [0.2, 0.25) is 0 Å². The third-order valence-electron chi connectivity index (χ3n) is 2.48. The van der Waals surface area contributed by atoms with Crippen LogP contribution in [0.3, 0.4) is 0 Å². The van der Waals surface area contributed by atoms with E-state index in [9.17, 15) is 9.18 Å². The monoisotopic (exact) mass is 249 g/mol. The van der Waals surface area contributed by atoms with Gasteiger partial charge in [-0.3, -0.25) is 9.63 Å². The van der Waals surface area contributed by atoms with Crippen LogP contribution in [0.5, 0.6) is 0 Å². The predicted octanol–water partition coefficient (Wildman–Crippen LogP) is 1.64. The Morgan fingerprint density at radius 2 is 2.06 bits per heavy atom. The molecular formula is C12H12FN3O2. The lowest BCUT2D eigenvalue weighted by Crippen LogP contribution is -2.24. The number of amides is 1. The van der Waals surface area contributed by atoms with Crippen molar-refractivity contribution < 1.29 is 14.0 Å². The smallest absolute Gasteiger partial charge is 0.274 e. The minimum absolute atomic E-state index is 0.300. The van der Waals surface area contributed by atoms with Gasteiger partial charge in [-0.25, -0.2) is 14.1 Å². The number of hydrogen-bond donors (Lipinski definition) is 0.